The van der Waals surface area contributed by atoms with Gasteiger partial charge in [-0.1, -0.05) is 13.0 Å². The summed E-state index contributed by atoms with van der Waals surface area (Å²) in [5.74, 6) is -0.310. The molecular formula is C13H15F3O2. The minimum atomic E-state index is -4.53. The lowest BCUT2D eigenvalue weighted by atomic mass is 9.94. The first-order valence-electron chi connectivity index (χ1n) is 5.38. The molecule has 0 radical (unpaired) electrons. The molecule has 0 bridgehead atoms. The molecule has 5 heteroatoms. The van der Waals surface area contributed by atoms with Crippen LogP contribution in [0, 0.1) is 5.92 Å². The van der Waals surface area contributed by atoms with E-state index in [1.54, 1.807) is 18.2 Å². The minimum Gasteiger partial charge on any atom is -0.508 e. The third-order valence-corrected chi connectivity index (χ3v) is 2.73. The SMILES string of the molecule is COC1=C/C(=C/C(O)=C(\C)C(F)(F)F)[C@@H](C)C=C1. The summed E-state index contributed by atoms with van der Waals surface area (Å²) in [5.41, 5.74) is -0.445. The number of ether oxygens (including phenoxy) is 1. The molecule has 0 saturated heterocycles. The number of allylic oxidation sites excluding steroid dienone is 6. The molecular weight excluding hydrogens is 245 g/mol. The fourth-order valence-electron chi connectivity index (χ4n) is 1.41. The van der Waals surface area contributed by atoms with Gasteiger partial charge < -0.3 is 9.84 Å². The standard InChI is InChI=1S/C13H15F3O2/c1-8-4-5-11(18-3)6-10(8)7-12(17)9(2)13(14,15)16/h4-8,17H,1-3H3/b10-7-,12-9-/t8-/m0/s1. The Morgan fingerprint density at radius 1 is 1.44 bits per heavy atom. The van der Waals surface area contributed by atoms with Crippen molar-refractivity contribution in [2.24, 2.45) is 5.92 Å². The molecule has 0 saturated carbocycles. The molecule has 0 aliphatic heterocycles. The third-order valence-electron chi connectivity index (χ3n) is 2.73. The predicted octanol–water partition coefficient (Wildman–Crippen LogP) is 4.04. The van der Waals surface area contributed by atoms with Crippen LogP contribution in [0.3, 0.4) is 0 Å². The first kappa shape index (κ1) is 14.4. The Hall–Kier alpha value is -1.65. The summed E-state index contributed by atoms with van der Waals surface area (Å²) in [6.07, 6.45) is 1.73. The Morgan fingerprint density at radius 2 is 2.06 bits per heavy atom. The number of methoxy groups -OCH3 is 1. The van der Waals surface area contributed by atoms with E-state index in [9.17, 15) is 18.3 Å². The minimum absolute atomic E-state index is 0.0768. The maximum absolute atomic E-state index is 12.4. The van der Waals surface area contributed by atoms with Gasteiger partial charge in [-0.05, 0) is 36.6 Å². The molecule has 2 nitrogen and oxygen atoms in total. The lowest BCUT2D eigenvalue weighted by Gasteiger charge is -2.16. The molecule has 0 amide bonds. The van der Waals surface area contributed by atoms with E-state index in [0.717, 1.165) is 13.0 Å². The van der Waals surface area contributed by atoms with E-state index in [1.165, 1.54) is 7.11 Å². The zero-order valence-corrected chi connectivity index (χ0v) is 10.4. The van der Waals surface area contributed by atoms with E-state index in [0.29, 0.717) is 11.3 Å². The molecule has 0 heterocycles. The van der Waals surface area contributed by atoms with Crippen molar-refractivity contribution in [1.29, 1.82) is 0 Å². The number of hydrogen-bond donors (Lipinski definition) is 1. The second kappa shape index (κ2) is 5.33. The van der Waals surface area contributed by atoms with Gasteiger partial charge in [-0.3, -0.25) is 0 Å². The number of aliphatic hydroxyl groups excluding tert-OH is 1. The van der Waals surface area contributed by atoms with Crippen LogP contribution in [-0.2, 0) is 4.74 Å². The first-order valence-corrected chi connectivity index (χ1v) is 5.38. The number of alkyl halides is 3. The molecule has 0 aromatic rings. The molecule has 1 aliphatic rings. The van der Waals surface area contributed by atoms with Gasteiger partial charge in [0.25, 0.3) is 0 Å². The summed E-state index contributed by atoms with van der Waals surface area (Å²) in [6.45, 7) is 2.66. The number of aliphatic hydroxyl groups is 1. The highest BCUT2D eigenvalue weighted by Gasteiger charge is 2.32. The molecule has 0 unspecified atom stereocenters. The van der Waals surface area contributed by atoms with Gasteiger partial charge in [0.15, 0.2) is 0 Å². The average molecular weight is 260 g/mol. The summed E-state index contributed by atoms with van der Waals surface area (Å²) in [4.78, 5) is 0. The van der Waals surface area contributed by atoms with Crippen molar-refractivity contribution in [3.8, 4) is 0 Å². The van der Waals surface area contributed by atoms with Gasteiger partial charge in [-0.15, -0.1) is 0 Å². The normalized spacial score (nSPS) is 23.8. The lowest BCUT2D eigenvalue weighted by Crippen LogP contribution is -2.11. The van der Waals surface area contributed by atoms with Crippen molar-refractivity contribution in [3.63, 3.8) is 0 Å². The summed E-state index contributed by atoms with van der Waals surface area (Å²) in [5, 5.41) is 9.47. The summed E-state index contributed by atoms with van der Waals surface area (Å²) in [6, 6.07) is 0. The van der Waals surface area contributed by atoms with E-state index in [1.807, 2.05) is 6.92 Å². The van der Waals surface area contributed by atoms with Gasteiger partial charge in [0, 0.05) is 0 Å². The van der Waals surface area contributed by atoms with E-state index in [-0.39, 0.29) is 5.92 Å². The zero-order chi connectivity index (χ0) is 13.9. The third kappa shape index (κ3) is 3.42. The number of rotatable bonds is 2. The Balaban J connectivity index is 3.10. The quantitative estimate of drug-likeness (QED) is 0.759. The molecule has 1 aliphatic carbocycles. The molecule has 1 atom stereocenters. The first-order chi connectivity index (χ1) is 8.25. The molecule has 1 rings (SSSR count). The molecule has 1 N–H and O–H groups in total. The Kier molecular flexibility index (Phi) is 4.27. The summed E-state index contributed by atoms with van der Waals surface area (Å²) < 4.78 is 42.2. The largest absolute Gasteiger partial charge is 0.508 e. The van der Waals surface area contributed by atoms with E-state index >= 15 is 0 Å². The van der Waals surface area contributed by atoms with Crippen LogP contribution in [0.25, 0.3) is 0 Å². The van der Waals surface area contributed by atoms with Gasteiger partial charge in [-0.2, -0.15) is 13.2 Å². The van der Waals surface area contributed by atoms with Crippen molar-refractivity contribution >= 4 is 0 Å². The van der Waals surface area contributed by atoms with Gasteiger partial charge in [-0.25, -0.2) is 0 Å². The monoisotopic (exact) mass is 260 g/mol. The number of halogens is 3. The molecule has 0 aromatic heterocycles. The van der Waals surface area contributed by atoms with Crippen molar-refractivity contribution < 1.29 is 23.0 Å². The van der Waals surface area contributed by atoms with Crippen molar-refractivity contribution in [3.05, 3.63) is 47.0 Å². The summed E-state index contributed by atoms with van der Waals surface area (Å²) >= 11 is 0. The van der Waals surface area contributed by atoms with Gasteiger partial charge >= 0.3 is 6.18 Å². The van der Waals surface area contributed by atoms with Crippen LogP contribution in [0.15, 0.2) is 47.0 Å². The fraction of sp³-hybridized carbons (Fsp3) is 0.385. The van der Waals surface area contributed by atoms with Crippen LogP contribution in [0.1, 0.15) is 13.8 Å². The van der Waals surface area contributed by atoms with E-state index in [2.05, 4.69) is 0 Å². The van der Waals surface area contributed by atoms with Gasteiger partial charge in [0.05, 0.1) is 12.7 Å². The average Bonchev–Trinajstić information content (AvgIpc) is 2.29. The number of hydrogen-bond acceptors (Lipinski definition) is 2. The van der Waals surface area contributed by atoms with E-state index < -0.39 is 17.5 Å². The lowest BCUT2D eigenvalue weighted by molar-refractivity contribution is -0.0936. The van der Waals surface area contributed by atoms with Crippen LogP contribution in [0.4, 0.5) is 13.2 Å². The highest BCUT2D eigenvalue weighted by molar-refractivity contribution is 5.40. The summed E-state index contributed by atoms with van der Waals surface area (Å²) in [7, 11) is 1.47. The highest BCUT2D eigenvalue weighted by Crippen LogP contribution is 2.29. The van der Waals surface area contributed by atoms with Crippen LogP contribution in [0.2, 0.25) is 0 Å². The predicted molar refractivity (Wildman–Crippen MR) is 62.9 cm³/mol. The van der Waals surface area contributed by atoms with E-state index in [4.69, 9.17) is 4.74 Å². The van der Waals surface area contributed by atoms with Gasteiger partial charge in [0.2, 0.25) is 0 Å². The smallest absolute Gasteiger partial charge is 0.415 e. The molecule has 0 spiro atoms. The van der Waals surface area contributed by atoms with Crippen LogP contribution in [0.5, 0.6) is 0 Å². The zero-order valence-electron chi connectivity index (χ0n) is 10.4. The molecule has 100 valence electrons. The van der Waals surface area contributed by atoms with Crippen molar-refractivity contribution in [2.75, 3.05) is 7.11 Å². The molecule has 0 fully saturated rings. The highest BCUT2D eigenvalue weighted by atomic mass is 19.4. The Bertz CT molecular complexity index is 440. The second-order valence-electron chi connectivity index (χ2n) is 4.05. The molecule has 18 heavy (non-hydrogen) atoms. The maximum Gasteiger partial charge on any atom is 0.415 e. The van der Waals surface area contributed by atoms with Crippen molar-refractivity contribution in [1.82, 2.24) is 0 Å². The van der Waals surface area contributed by atoms with Crippen LogP contribution < -0.4 is 0 Å². The maximum atomic E-state index is 12.4. The van der Waals surface area contributed by atoms with Crippen LogP contribution >= 0.6 is 0 Å². The van der Waals surface area contributed by atoms with Gasteiger partial charge in [0.1, 0.15) is 11.5 Å². The Labute approximate surface area is 104 Å². The van der Waals surface area contributed by atoms with Crippen LogP contribution in [-0.4, -0.2) is 18.4 Å². The topological polar surface area (TPSA) is 29.5 Å². The fourth-order valence-corrected chi connectivity index (χ4v) is 1.41. The van der Waals surface area contributed by atoms with Crippen molar-refractivity contribution in [2.45, 2.75) is 20.0 Å². The second-order valence-corrected chi connectivity index (χ2v) is 4.05. The Morgan fingerprint density at radius 3 is 2.56 bits per heavy atom. The molecule has 0 aromatic carbocycles.